The first-order valence-corrected chi connectivity index (χ1v) is 4.91. The maximum Gasteiger partial charge on any atom is 0.305 e. The largest absolute Gasteiger partial charge is 0.481 e. The van der Waals surface area contributed by atoms with Crippen LogP contribution in [0.25, 0.3) is 0 Å². The van der Waals surface area contributed by atoms with E-state index in [0.717, 1.165) is 0 Å². The lowest BCUT2D eigenvalue weighted by Gasteiger charge is -2.10. The molecule has 1 rings (SSSR count). The average Bonchev–Trinajstić information content (AvgIpc) is 2.28. The van der Waals surface area contributed by atoms with E-state index in [0.29, 0.717) is 5.56 Å². The highest BCUT2D eigenvalue weighted by molar-refractivity contribution is 5.92. The summed E-state index contributed by atoms with van der Waals surface area (Å²) in [5, 5.41) is 19.6. The summed E-state index contributed by atoms with van der Waals surface area (Å²) in [4.78, 5) is 25.8. The summed E-state index contributed by atoms with van der Waals surface area (Å²) in [7, 11) is 0. The summed E-state index contributed by atoms with van der Waals surface area (Å²) in [6, 6.07) is 4.31. The van der Waals surface area contributed by atoms with Gasteiger partial charge in [-0.05, 0) is 19.1 Å². The minimum Gasteiger partial charge on any atom is -0.481 e. The molecule has 0 bridgehead atoms. The fourth-order valence-electron chi connectivity index (χ4n) is 1.21. The van der Waals surface area contributed by atoms with Crippen LogP contribution in [0.1, 0.15) is 29.4 Å². The predicted molar refractivity (Wildman–Crippen MR) is 58.1 cm³/mol. The fraction of sp³-hybridized carbons (Fsp3) is 0.273. The Balaban J connectivity index is 2.64. The Hall–Kier alpha value is -2.42. The van der Waals surface area contributed by atoms with E-state index in [9.17, 15) is 9.59 Å². The lowest BCUT2D eigenvalue weighted by Crippen LogP contribution is -2.34. The van der Waals surface area contributed by atoms with Gasteiger partial charge in [0.05, 0.1) is 12.0 Å². The van der Waals surface area contributed by atoms with Gasteiger partial charge in [0, 0.05) is 12.2 Å². The van der Waals surface area contributed by atoms with Gasteiger partial charge in [-0.3, -0.25) is 9.59 Å². The Morgan fingerprint density at radius 2 is 2.29 bits per heavy atom. The quantitative estimate of drug-likeness (QED) is 0.790. The second-order valence-corrected chi connectivity index (χ2v) is 3.52. The molecule has 0 fully saturated rings. The molecule has 2 N–H and O–H groups in total. The van der Waals surface area contributed by atoms with E-state index in [1.807, 2.05) is 6.07 Å². The highest BCUT2D eigenvalue weighted by Crippen LogP contribution is 2.00. The topological polar surface area (TPSA) is 103 Å². The Kier molecular flexibility index (Phi) is 4.17. The predicted octanol–water partition coefficient (Wildman–Crippen LogP) is 0.546. The monoisotopic (exact) mass is 233 g/mol. The molecule has 0 aromatic carbocycles. The molecule has 6 nitrogen and oxygen atoms in total. The van der Waals surface area contributed by atoms with Crippen LogP contribution in [0.2, 0.25) is 0 Å². The third kappa shape index (κ3) is 3.91. The first-order valence-electron chi connectivity index (χ1n) is 4.91. The van der Waals surface area contributed by atoms with E-state index < -0.39 is 17.9 Å². The van der Waals surface area contributed by atoms with Crippen LogP contribution in [0.5, 0.6) is 0 Å². The summed E-state index contributed by atoms with van der Waals surface area (Å²) in [6.45, 7) is 1.59. The van der Waals surface area contributed by atoms with Crippen LogP contribution in [0.15, 0.2) is 18.3 Å². The summed E-state index contributed by atoms with van der Waals surface area (Å²) >= 11 is 0. The van der Waals surface area contributed by atoms with E-state index >= 15 is 0 Å². The number of nitriles is 1. The lowest BCUT2D eigenvalue weighted by molar-refractivity contribution is -0.137. The maximum absolute atomic E-state index is 11.6. The van der Waals surface area contributed by atoms with Gasteiger partial charge in [-0.1, -0.05) is 0 Å². The van der Waals surface area contributed by atoms with E-state index in [2.05, 4.69) is 10.3 Å². The van der Waals surface area contributed by atoms with Gasteiger partial charge in [-0.25, -0.2) is 4.98 Å². The number of carboxylic acids is 1. The first-order chi connectivity index (χ1) is 8.02. The van der Waals surface area contributed by atoms with Crippen molar-refractivity contribution in [2.45, 2.75) is 19.4 Å². The molecule has 1 aromatic rings. The Labute approximate surface area is 97.9 Å². The number of rotatable bonds is 4. The molecule has 1 aromatic heterocycles. The fourth-order valence-corrected chi connectivity index (χ4v) is 1.21. The molecule has 6 heteroatoms. The highest BCUT2D eigenvalue weighted by Gasteiger charge is 2.13. The molecule has 0 aliphatic heterocycles. The molecule has 0 saturated heterocycles. The van der Waals surface area contributed by atoms with Crippen molar-refractivity contribution in [3.8, 4) is 6.07 Å². The second kappa shape index (κ2) is 5.61. The minimum absolute atomic E-state index is 0.151. The van der Waals surface area contributed by atoms with E-state index in [4.69, 9.17) is 10.4 Å². The number of aliphatic carboxylic acids is 1. The Morgan fingerprint density at radius 3 is 2.76 bits per heavy atom. The third-order valence-electron chi connectivity index (χ3n) is 1.98. The van der Waals surface area contributed by atoms with Crippen LogP contribution in [-0.4, -0.2) is 28.0 Å². The highest BCUT2D eigenvalue weighted by atomic mass is 16.4. The molecular formula is C11H11N3O3. The van der Waals surface area contributed by atoms with E-state index in [1.165, 1.54) is 18.3 Å². The van der Waals surface area contributed by atoms with Crippen molar-refractivity contribution in [3.05, 3.63) is 29.6 Å². The SMILES string of the molecule is CC(CC(=O)O)NC(=O)c1ccc(C#N)cn1. The molecule has 88 valence electrons. The van der Waals surface area contributed by atoms with Crippen molar-refractivity contribution in [2.24, 2.45) is 0 Å². The lowest BCUT2D eigenvalue weighted by atomic mass is 10.2. The molecule has 1 unspecified atom stereocenters. The van der Waals surface area contributed by atoms with Gasteiger partial charge in [-0.15, -0.1) is 0 Å². The number of carbonyl (C=O) groups is 2. The number of nitrogens with zero attached hydrogens (tertiary/aromatic N) is 2. The summed E-state index contributed by atoms with van der Waals surface area (Å²) < 4.78 is 0. The molecular weight excluding hydrogens is 222 g/mol. The number of aromatic nitrogens is 1. The number of carboxylic acid groups (broad SMARTS) is 1. The third-order valence-corrected chi connectivity index (χ3v) is 1.98. The van der Waals surface area contributed by atoms with Crippen molar-refractivity contribution in [1.82, 2.24) is 10.3 Å². The van der Waals surface area contributed by atoms with Crippen molar-refractivity contribution in [1.29, 1.82) is 5.26 Å². The zero-order chi connectivity index (χ0) is 12.8. The minimum atomic E-state index is -0.981. The number of hydrogen-bond acceptors (Lipinski definition) is 4. The smallest absolute Gasteiger partial charge is 0.305 e. The summed E-state index contributed by atoms with van der Waals surface area (Å²) in [5.74, 6) is -1.44. The number of carbonyl (C=O) groups excluding carboxylic acids is 1. The van der Waals surface area contributed by atoms with Crippen molar-refractivity contribution in [3.63, 3.8) is 0 Å². The van der Waals surface area contributed by atoms with Crippen LogP contribution in [0.4, 0.5) is 0 Å². The average molecular weight is 233 g/mol. The zero-order valence-corrected chi connectivity index (χ0v) is 9.17. The van der Waals surface area contributed by atoms with Crippen LogP contribution < -0.4 is 5.32 Å². The molecule has 0 spiro atoms. The Bertz CT molecular complexity index is 462. The normalized spacial score (nSPS) is 11.3. The van der Waals surface area contributed by atoms with Gasteiger partial charge in [0.15, 0.2) is 0 Å². The maximum atomic E-state index is 11.6. The van der Waals surface area contributed by atoms with Crippen LogP contribution in [-0.2, 0) is 4.79 Å². The number of pyridine rings is 1. The summed E-state index contributed by atoms with van der Waals surface area (Å²) in [5.41, 5.74) is 0.515. The molecule has 0 aliphatic carbocycles. The van der Waals surface area contributed by atoms with Gasteiger partial charge < -0.3 is 10.4 Å². The zero-order valence-electron chi connectivity index (χ0n) is 9.17. The number of hydrogen-bond donors (Lipinski definition) is 2. The van der Waals surface area contributed by atoms with Crippen molar-refractivity contribution in [2.75, 3.05) is 0 Å². The second-order valence-electron chi connectivity index (χ2n) is 3.52. The molecule has 0 aliphatic rings. The van der Waals surface area contributed by atoms with Crippen LogP contribution in [0, 0.1) is 11.3 Å². The number of nitrogens with one attached hydrogen (secondary N) is 1. The van der Waals surface area contributed by atoms with Gasteiger partial charge in [-0.2, -0.15) is 5.26 Å². The van der Waals surface area contributed by atoms with Gasteiger partial charge >= 0.3 is 5.97 Å². The van der Waals surface area contributed by atoms with Gasteiger partial charge in [0.1, 0.15) is 11.8 Å². The molecule has 0 radical (unpaired) electrons. The van der Waals surface area contributed by atoms with Crippen LogP contribution >= 0.6 is 0 Å². The van der Waals surface area contributed by atoms with Gasteiger partial charge in [0.2, 0.25) is 0 Å². The molecule has 0 saturated carbocycles. The van der Waals surface area contributed by atoms with Crippen molar-refractivity contribution < 1.29 is 14.7 Å². The molecule has 17 heavy (non-hydrogen) atoms. The number of amides is 1. The van der Waals surface area contributed by atoms with Crippen molar-refractivity contribution >= 4 is 11.9 Å². The van der Waals surface area contributed by atoms with Gasteiger partial charge in [0.25, 0.3) is 5.91 Å². The molecule has 1 atom stereocenters. The Morgan fingerprint density at radius 1 is 1.59 bits per heavy atom. The molecule has 1 heterocycles. The first kappa shape index (κ1) is 12.6. The van der Waals surface area contributed by atoms with Crippen LogP contribution in [0.3, 0.4) is 0 Å². The van der Waals surface area contributed by atoms with E-state index in [1.54, 1.807) is 6.92 Å². The molecule has 1 amide bonds. The summed E-state index contributed by atoms with van der Waals surface area (Å²) in [6.07, 6.45) is 1.14. The standard InChI is InChI=1S/C11H11N3O3/c1-7(4-10(15)16)14-11(17)9-3-2-8(5-12)6-13-9/h2-3,6-7H,4H2,1H3,(H,14,17)(H,15,16). The van der Waals surface area contributed by atoms with E-state index in [-0.39, 0.29) is 12.1 Å².